The minimum absolute atomic E-state index is 0.493. The highest BCUT2D eigenvalue weighted by Crippen LogP contribution is 2.25. The van der Waals surface area contributed by atoms with Crippen molar-refractivity contribution in [2.45, 2.75) is 18.9 Å². The van der Waals surface area contributed by atoms with Crippen LogP contribution in [0.3, 0.4) is 0 Å². The molecule has 0 amide bonds. The summed E-state index contributed by atoms with van der Waals surface area (Å²) in [5, 5.41) is 7.75. The van der Waals surface area contributed by atoms with E-state index in [9.17, 15) is 0 Å². The lowest BCUT2D eigenvalue weighted by molar-refractivity contribution is 0.432. The summed E-state index contributed by atoms with van der Waals surface area (Å²) in [6.07, 6.45) is 2.36. The van der Waals surface area contributed by atoms with Gasteiger partial charge in [0.05, 0.1) is 0 Å². The molecule has 4 nitrogen and oxygen atoms in total. The topological polar surface area (TPSA) is 51.0 Å². The first-order valence-electron chi connectivity index (χ1n) is 5.17. The van der Waals surface area contributed by atoms with E-state index in [-0.39, 0.29) is 0 Å². The molecule has 5 heteroatoms. The van der Waals surface area contributed by atoms with Crippen molar-refractivity contribution in [3.63, 3.8) is 0 Å². The number of aromatic nitrogens is 2. The molecule has 0 saturated heterocycles. The number of anilines is 1. The van der Waals surface area contributed by atoms with E-state index >= 15 is 0 Å². The van der Waals surface area contributed by atoms with Crippen LogP contribution in [-0.2, 0) is 0 Å². The largest absolute Gasteiger partial charge is 0.335 e. The van der Waals surface area contributed by atoms with Crippen molar-refractivity contribution in [3.05, 3.63) is 29.3 Å². The van der Waals surface area contributed by atoms with E-state index in [1.165, 1.54) is 12.8 Å². The zero-order valence-electron chi connectivity index (χ0n) is 8.48. The molecule has 1 aromatic heterocycles. The van der Waals surface area contributed by atoms with Gasteiger partial charge >= 0.3 is 6.01 Å². The normalized spacial score (nSPS) is 15.1. The van der Waals surface area contributed by atoms with E-state index in [2.05, 4.69) is 15.5 Å². The van der Waals surface area contributed by atoms with Crippen LogP contribution in [0.1, 0.15) is 12.8 Å². The molecular weight excluding hydrogens is 226 g/mol. The van der Waals surface area contributed by atoms with Gasteiger partial charge in [-0.25, -0.2) is 0 Å². The van der Waals surface area contributed by atoms with Crippen LogP contribution in [-0.4, -0.2) is 16.2 Å². The lowest BCUT2D eigenvalue weighted by Crippen LogP contribution is -2.00. The Kier molecular flexibility index (Phi) is 2.29. The minimum atomic E-state index is 0.493. The lowest BCUT2D eigenvalue weighted by Gasteiger charge is -1.94. The van der Waals surface area contributed by atoms with Crippen LogP contribution in [0.4, 0.5) is 6.01 Å². The molecule has 1 N–H and O–H groups in total. The van der Waals surface area contributed by atoms with Gasteiger partial charge in [-0.3, -0.25) is 0 Å². The Hall–Kier alpha value is -1.55. The molecule has 1 saturated carbocycles. The van der Waals surface area contributed by atoms with Crippen molar-refractivity contribution in [1.82, 2.24) is 10.1 Å². The molecule has 1 fully saturated rings. The first-order chi connectivity index (χ1) is 7.81. The van der Waals surface area contributed by atoms with E-state index in [1.807, 2.05) is 12.1 Å². The summed E-state index contributed by atoms with van der Waals surface area (Å²) in [5.74, 6) is 0.583. The molecule has 0 unspecified atom stereocenters. The number of rotatable bonds is 3. The highest BCUT2D eigenvalue weighted by molar-refractivity contribution is 6.30. The zero-order valence-corrected chi connectivity index (χ0v) is 9.24. The van der Waals surface area contributed by atoms with E-state index < -0.39 is 0 Å². The van der Waals surface area contributed by atoms with Crippen LogP contribution in [0, 0.1) is 0 Å². The second kappa shape index (κ2) is 3.79. The van der Waals surface area contributed by atoms with Crippen LogP contribution in [0.15, 0.2) is 28.8 Å². The summed E-state index contributed by atoms with van der Waals surface area (Å²) >= 11 is 5.80. The molecule has 1 aliphatic carbocycles. The van der Waals surface area contributed by atoms with Crippen LogP contribution < -0.4 is 5.32 Å². The van der Waals surface area contributed by atoms with Crippen LogP contribution in [0.5, 0.6) is 0 Å². The number of benzene rings is 1. The van der Waals surface area contributed by atoms with Gasteiger partial charge in [-0.15, -0.1) is 0 Å². The maximum Gasteiger partial charge on any atom is 0.322 e. The summed E-state index contributed by atoms with van der Waals surface area (Å²) < 4.78 is 5.09. The van der Waals surface area contributed by atoms with Gasteiger partial charge in [-0.05, 0) is 37.1 Å². The van der Waals surface area contributed by atoms with Gasteiger partial charge in [0.15, 0.2) is 0 Å². The van der Waals surface area contributed by atoms with Crippen LogP contribution >= 0.6 is 11.6 Å². The fourth-order valence-corrected chi connectivity index (χ4v) is 1.53. The molecule has 0 bridgehead atoms. The Balaban J connectivity index is 1.82. The number of nitrogens with one attached hydrogen (secondary N) is 1. The van der Waals surface area contributed by atoms with E-state index in [0.717, 1.165) is 5.56 Å². The molecule has 0 atom stereocenters. The highest BCUT2D eigenvalue weighted by Gasteiger charge is 2.23. The number of nitrogens with zero attached hydrogens (tertiary/aromatic N) is 2. The SMILES string of the molecule is Clc1ccc(-c2noc(NC3CC3)n2)cc1. The summed E-state index contributed by atoms with van der Waals surface area (Å²) in [6.45, 7) is 0. The molecule has 2 aromatic rings. The monoisotopic (exact) mass is 235 g/mol. The Morgan fingerprint density at radius 2 is 2.00 bits per heavy atom. The second-order valence-corrected chi connectivity index (χ2v) is 4.29. The standard InChI is InChI=1S/C11H10ClN3O/c12-8-3-1-7(2-4-8)10-14-11(16-15-10)13-9-5-6-9/h1-4,9H,5-6H2,(H,13,14,15). The van der Waals surface area contributed by atoms with Gasteiger partial charge in [-0.1, -0.05) is 16.8 Å². The third-order valence-electron chi connectivity index (χ3n) is 2.43. The van der Waals surface area contributed by atoms with Gasteiger partial charge in [0, 0.05) is 16.6 Å². The summed E-state index contributed by atoms with van der Waals surface area (Å²) in [6, 6.07) is 8.36. The van der Waals surface area contributed by atoms with Gasteiger partial charge < -0.3 is 9.84 Å². The highest BCUT2D eigenvalue weighted by atomic mass is 35.5. The summed E-state index contributed by atoms with van der Waals surface area (Å²) in [5.41, 5.74) is 0.900. The average molecular weight is 236 g/mol. The minimum Gasteiger partial charge on any atom is -0.335 e. The Morgan fingerprint density at radius 1 is 1.25 bits per heavy atom. The van der Waals surface area contributed by atoms with Gasteiger partial charge in [-0.2, -0.15) is 4.98 Å². The van der Waals surface area contributed by atoms with Crippen molar-refractivity contribution in [2.75, 3.05) is 5.32 Å². The molecule has 16 heavy (non-hydrogen) atoms. The van der Waals surface area contributed by atoms with Crippen molar-refractivity contribution in [3.8, 4) is 11.4 Å². The Morgan fingerprint density at radius 3 is 2.69 bits per heavy atom. The van der Waals surface area contributed by atoms with Crippen molar-refractivity contribution >= 4 is 17.6 Å². The molecule has 3 rings (SSSR count). The average Bonchev–Trinajstić information content (AvgIpc) is 2.97. The fourth-order valence-electron chi connectivity index (χ4n) is 1.40. The first-order valence-corrected chi connectivity index (χ1v) is 5.55. The Bertz CT molecular complexity index is 490. The van der Waals surface area contributed by atoms with E-state index in [0.29, 0.717) is 22.9 Å². The number of hydrogen-bond acceptors (Lipinski definition) is 4. The molecule has 0 aliphatic heterocycles. The van der Waals surface area contributed by atoms with Crippen LogP contribution in [0.2, 0.25) is 5.02 Å². The molecule has 1 heterocycles. The maximum atomic E-state index is 5.80. The second-order valence-electron chi connectivity index (χ2n) is 3.85. The van der Waals surface area contributed by atoms with Gasteiger partial charge in [0.2, 0.25) is 5.82 Å². The maximum absolute atomic E-state index is 5.80. The smallest absolute Gasteiger partial charge is 0.322 e. The summed E-state index contributed by atoms with van der Waals surface area (Å²) in [7, 11) is 0. The molecule has 1 aromatic carbocycles. The van der Waals surface area contributed by atoms with Crippen molar-refractivity contribution in [1.29, 1.82) is 0 Å². The van der Waals surface area contributed by atoms with Crippen molar-refractivity contribution in [2.24, 2.45) is 0 Å². The van der Waals surface area contributed by atoms with Crippen molar-refractivity contribution < 1.29 is 4.52 Å². The quantitative estimate of drug-likeness (QED) is 0.889. The molecule has 0 radical (unpaired) electrons. The molecule has 0 spiro atoms. The zero-order chi connectivity index (χ0) is 11.0. The number of halogens is 1. The van der Waals surface area contributed by atoms with E-state index in [4.69, 9.17) is 16.1 Å². The molecular formula is C11H10ClN3O. The predicted octanol–water partition coefficient (Wildman–Crippen LogP) is 2.96. The molecule has 1 aliphatic rings. The number of hydrogen-bond donors (Lipinski definition) is 1. The third kappa shape index (κ3) is 2.02. The van der Waals surface area contributed by atoms with Crippen LogP contribution in [0.25, 0.3) is 11.4 Å². The predicted molar refractivity (Wildman–Crippen MR) is 61.4 cm³/mol. The lowest BCUT2D eigenvalue weighted by atomic mass is 10.2. The third-order valence-corrected chi connectivity index (χ3v) is 2.69. The van der Waals surface area contributed by atoms with Gasteiger partial charge in [0.25, 0.3) is 0 Å². The summed E-state index contributed by atoms with van der Waals surface area (Å²) in [4.78, 5) is 4.26. The Labute approximate surface area is 97.6 Å². The first kappa shape index (κ1) is 9.66. The van der Waals surface area contributed by atoms with Gasteiger partial charge in [0.1, 0.15) is 0 Å². The molecule has 82 valence electrons. The van der Waals surface area contributed by atoms with E-state index in [1.54, 1.807) is 12.1 Å². The fraction of sp³-hybridized carbons (Fsp3) is 0.273.